The lowest BCUT2D eigenvalue weighted by Crippen LogP contribution is -2.58. The van der Waals surface area contributed by atoms with Gasteiger partial charge in [0, 0.05) is 5.56 Å². The van der Waals surface area contributed by atoms with E-state index in [0.717, 1.165) is 0 Å². The Balaban J connectivity index is 2.32. The fourth-order valence-electron chi connectivity index (χ4n) is 2.06. The molecular weight excluding hydrogens is 307 g/mol. The van der Waals surface area contributed by atoms with E-state index < -0.39 is 26.4 Å². The third kappa shape index (κ3) is 2.69. The van der Waals surface area contributed by atoms with E-state index >= 15 is 0 Å². The Morgan fingerprint density at radius 1 is 1.23 bits per heavy atom. The number of ether oxygens (including phenoxy) is 1. The zero-order valence-corrected chi connectivity index (χ0v) is 14.2. The summed E-state index contributed by atoms with van der Waals surface area (Å²) in [5.74, 6) is -0.374. The average molecular weight is 328 g/mol. The van der Waals surface area contributed by atoms with Crippen molar-refractivity contribution >= 4 is 16.0 Å². The number of nitrogens with one attached hydrogen (secondary N) is 1. The van der Waals surface area contributed by atoms with E-state index in [4.69, 9.17) is 4.74 Å². The predicted molar refractivity (Wildman–Crippen MR) is 83.5 cm³/mol. The van der Waals surface area contributed by atoms with Crippen LogP contribution in [-0.4, -0.2) is 24.8 Å². The molecule has 2 rings (SSSR count). The molecule has 0 saturated carbocycles. The van der Waals surface area contributed by atoms with Gasteiger partial charge in [0.15, 0.2) is 0 Å². The third-order valence-electron chi connectivity index (χ3n) is 4.36. The van der Waals surface area contributed by atoms with Crippen LogP contribution in [-0.2, 0) is 14.8 Å². The fourth-order valence-corrected chi connectivity index (χ4v) is 3.26. The van der Waals surface area contributed by atoms with Crippen molar-refractivity contribution in [3.05, 3.63) is 35.6 Å². The molecule has 22 heavy (non-hydrogen) atoms. The Labute approximate surface area is 130 Å². The van der Waals surface area contributed by atoms with Crippen molar-refractivity contribution < 1.29 is 17.5 Å². The van der Waals surface area contributed by atoms with E-state index in [0.29, 0.717) is 5.56 Å². The molecule has 0 unspecified atom stereocenters. The highest BCUT2D eigenvalue weighted by Gasteiger charge is 2.53. The minimum Gasteiger partial charge on any atom is -0.457 e. The molecule has 5 nitrogen and oxygen atoms in total. The first kappa shape index (κ1) is 16.7. The first-order valence-corrected chi connectivity index (χ1v) is 8.46. The minimum absolute atomic E-state index is 0.111. The molecule has 1 N–H and O–H groups in total. The lowest BCUT2D eigenvalue weighted by Gasteiger charge is -2.42. The number of amidine groups is 1. The molecule has 1 aromatic carbocycles. The maximum atomic E-state index is 13.8. The molecule has 0 aliphatic carbocycles. The van der Waals surface area contributed by atoms with Gasteiger partial charge in [0.2, 0.25) is 0 Å². The standard InChI is InChI=1S/C15H21FN2O3S/c1-10(11-8-6-7-9-12(11)16)17-13-18-22(19,20)15(4,5)14(2,3)21-13/h6-10H,1-5H3,(H,17,18)/t10-/m0/s1. The Hall–Kier alpha value is -1.63. The van der Waals surface area contributed by atoms with Gasteiger partial charge in [-0.3, -0.25) is 0 Å². The van der Waals surface area contributed by atoms with Crippen LogP contribution < -0.4 is 5.32 Å². The second-order valence-corrected chi connectivity index (χ2v) is 8.54. The summed E-state index contributed by atoms with van der Waals surface area (Å²) in [6.07, 6.45) is 0. The highest BCUT2D eigenvalue weighted by atomic mass is 32.2. The largest absolute Gasteiger partial charge is 0.457 e. The van der Waals surface area contributed by atoms with E-state index in [1.54, 1.807) is 52.8 Å². The summed E-state index contributed by atoms with van der Waals surface area (Å²) in [6.45, 7) is 8.23. The van der Waals surface area contributed by atoms with Crippen molar-refractivity contribution in [3.8, 4) is 0 Å². The van der Waals surface area contributed by atoms with Crippen molar-refractivity contribution in [1.82, 2.24) is 5.32 Å². The molecule has 1 aliphatic heterocycles. The van der Waals surface area contributed by atoms with E-state index in [1.807, 2.05) is 0 Å². The molecule has 122 valence electrons. The second-order valence-electron chi connectivity index (χ2n) is 6.38. The molecule has 0 saturated heterocycles. The Morgan fingerprint density at radius 3 is 2.36 bits per heavy atom. The van der Waals surface area contributed by atoms with Gasteiger partial charge < -0.3 is 10.1 Å². The molecule has 7 heteroatoms. The number of nitrogens with zero attached hydrogens (tertiary/aromatic N) is 1. The summed E-state index contributed by atoms with van der Waals surface area (Å²) in [5.41, 5.74) is -0.556. The normalized spacial score (nSPS) is 23.1. The van der Waals surface area contributed by atoms with Gasteiger partial charge in [0.1, 0.15) is 16.2 Å². The first-order valence-electron chi connectivity index (χ1n) is 7.02. The minimum atomic E-state index is -3.75. The average Bonchev–Trinajstić information content (AvgIpc) is 2.36. The van der Waals surface area contributed by atoms with Crippen LogP contribution in [0.4, 0.5) is 4.39 Å². The van der Waals surface area contributed by atoms with Crippen molar-refractivity contribution in [2.45, 2.75) is 51.0 Å². The van der Waals surface area contributed by atoms with Crippen molar-refractivity contribution in [1.29, 1.82) is 0 Å². The van der Waals surface area contributed by atoms with Crippen LogP contribution in [0.3, 0.4) is 0 Å². The van der Waals surface area contributed by atoms with Gasteiger partial charge in [-0.15, -0.1) is 4.40 Å². The maximum Gasteiger partial charge on any atom is 0.301 e. The zero-order valence-electron chi connectivity index (χ0n) is 13.3. The van der Waals surface area contributed by atoms with Gasteiger partial charge in [0.25, 0.3) is 10.0 Å². The fraction of sp³-hybridized carbons (Fsp3) is 0.533. The van der Waals surface area contributed by atoms with E-state index in [2.05, 4.69) is 9.71 Å². The van der Waals surface area contributed by atoms with Crippen molar-refractivity contribution in [2.75, 3.05) is 0 Å². The van der Waals surface area contributed by atoms with Crippen molar-refractivity contribution in [3.63, 3.8) is 0 Å². The number of benzene rings is 1. The van der Waals surface area contributed by atoms with Crippen LogP contribution in [0, 0.1) is 5.82 Å². The molecule has 0 aromatic heterocycles. The SMILES string of the molecule is C[C@H](NC1=NS(=O)(=O)C(C)(C)C(C)(C)O1)c1ccccc1F. The lowest BCUT2D eigenvalue weighted by atomic mass is 9.93. The molecule has 0 bridgehead atoms. The monoisotopic (exact) mass is 328 g/mol. The number of hydrogen-bond acceptors (Lipinski definition) is 4. The molecule has 0 fully saturated rings. The Bertz CT molecular complexity index is 711. The Morgan fingerprint density at radius 2 is 1.82 bits per heavy atom. The topological polar surface area (TPSA) is 67.8 Å². The molecule has 0 spiro atoms. The smallest absolute Gasteiger partial charge is 0.301 e. The third-order valence-corrected chi connectivity index (χ3v) is 6.55. The lowest BCUT2D eigenvalue weighted by molar-refractivity contribution is 0.0479. The van der Waals surface area contributed by atoms with Crippen molar-refractivity contribution in [2.24, 2.45) is 4.40 Å². The number of rotatable bonds is 2. The van der Waals surface area contributed by atoms with Crippen LogP contribution in [0.2, 0.25) is 0 Å². The van der Waals surface area contributed by atoms with Crippen LogP contribution in [0.1, 0.15) is 46.2 Å². The quantitative estimate of drug-likeness (QED) is 0.906. The summed E-state index contributed by atoms with van der Waals surface area (Å²) in [5, 5.41) is 2.83. The molecular formula is C15H21FN2O3S. The number of sulfonamides is 1. The van der Waals surface area contributed by atoms with Gasteiger partial charge in [-0.05, 0) is 40.7 Å². The van der Waals surface area contributed by atoms with Gasteiger partial charge in [-0.1, -0.05) is 18.2 Å². The van der Waals surface area contributed by atoms with Crippen LogP contribution in [0.25, 0.3) is 0 Å². The van der Waals surface area contributed by atoms with Gasteiger partial charge in [0.05, 0.1) is 6.04 Å². The van der Waals surface area contributed by atoms with Crippen LogP contribution >= 0.6 is 0 Å². The summed E-state index contributed by atoms with van der Waals surface area (Å²) < 4.78 is 46.7. The summed E-state index contributed by atoms with van der Waals surface area (Å²) in [6, 6.07) is 5.69. The zero-order chi connectivity index (χ0) is 16.8. The van der Waals surface area contributed by atoms with E-state index in [9.17, 15) is 12.8 Å². The first-order chi connectivity index (χ1) is 9.98. The van der Waals surface area contributed by atoms with Crippen LogP contribution in [0.5, 0.6) is 0 Å². The molecule has 1 aromatic rings. The van der Waals surface area contributed by atoms with Gasteiger partial charge >= 0.3 is 6.02 Å². The van der Waals surface area contributed by atoms with E-state index in [1.165, 1.54) is 6.07 Å². The highest BCUT2D eigenvalue weighted by molar-refractivity contribution is 7.91. The molecule has 1 atom stereocenters. The summed E-state index contributed by atoms with van der Waals surface area (Å²) in [7, 11) is -3.75. The molecule has 1 aliphatic rings. The Kier molecular flexibility index (Phi) is 3.97. The molecule has 1 heterocycles. The van der Waals surface area contributed by atoms with Gasteiger partial charge in [-0.2, -0.15) is 0 Å². The summed E-state index contributed by atoms with van der Waals surface area (Å²) >= 11 is 0. The predicted octanol–water partition coefficient (Wildman–Crippen LogP) is 2.75. The van der Waals surface area contributed by atoms with E-state index in [-0.39, 0.29) is 11.8 Å². The molecule has 0 amide bonds. The highest BCUT2D eigenvalue weighted by Crippen LogP contribution is 2.37. The maximum absolute atomic E-state index is 13.8. The second kappa shape index (κ2) is 5.22. The summed E-state index contributed by atoms with van der Waals surface area (Å²) in [4.78, 5) is 0. The van der Waals surface area contributed by atoms with Crippen LogP contribution in [0.15, 0.2) is 28.7 Å². The number of hydrogen-bond donors (Lipinski definition) is 1. The molecule has 0 radical (unpaired) electrons. The number of halogens is 1. The van der Waals surface area contributed by atoms with Gasteiger partial charge in [-0.25, -0.2) is 12.8 Å².